The zero-order chi connectivity index (χ0) is 19.9. The summed E-state index contributed by atoms with van der Waals surface area (Å²) in [4.78, 5) is 0. The van der Waals surface area contributed by atoms with Crippen LogP contribution in [0.25, 0.3) is 0 Å². The van der Waals surface area contributed by atoms with Gasteiger partial charge < -0.3 is 4.74 Å². The Bertz CT molecular complexity index is 749. The lowest BCUT2D eigenvalue weighted by Crippen LogP contribution is -2.13. The highest BCUT2D eigenvalue weighted by molar-refractivity contribution is 5.30. The van der Waals surface area contributed by atoms with Crippen LogP contribution in [0.5, 0.6) is 5.75 Å². The number of benzene rings is 2. The number of halogens is 3. The molecule has 0 amide bonds. The Hall–Kier alpha value is -1.97. The lowest BCUT2D eigenvalue weighted by atomic mass is 9.77. The smallest absolute Gasteiger partial charge is 0.194 e. The molecule has 1 saturated carbocycles. The van der Waals surface area contributed by atoms with E-state index in [9.17, 15) is 13.2 Å². The molecule has 0 bridgehead atoms. The van der Waals surface area contributed by atoms with E-state index >= 15 is 0 Å². The third kappa shape index (κ3) is 5.30. The van der Waals surface area contributed by atoms with E-state index in [0.717, 1.165) is 12.0 Å². The first-order valence-corrected chi connectivity index (χ1v) is 10.4. The maximum absolute atomic E-state index is 13.7. The molecule has 2 aromatic carbocycles. The predicted molar refractivity (Wildman–Crippen MR) is 106 cm³/mol. The molecule has 3 rings (SSSR count). The van der Waals surface area contributed by atoms with E-state index in [0.29, 0.717) is 11.7 Å². The SMILES string of the molecule is CCCCCC1CCC(c2ccc(OCc3ccc(F)c(F)c3F)cc2)CC1. The summed E-state index contributed by atoms with van der Waals surface area (Å²) in [7, 11) is 0. The van der Waals surface area contributed by atoms with Crippen LogP contribution in [-0.2, 0) is 6.61 Å². The van der Waals surface area contributed by atoms with Gasteiger partial charge in [-0.1, -0.05) is 44.7 Å². The third-order valence-electron chi connectivity index (χ3n) is 5.92. The summed E-state index contributed by atoms with van der Waals surface area (Å²) in [6, 6.07) is 10.0. The first kappa shape index (κ1) is 20.8. The molecule has 28 heavy (non-hydrogen) atoms. The average Bonchev–Trinajstić information content (AvgIpc) is 2.73. The van der Waals surface area contributed by atoms with Crippen LogP contribution in [0.1, 0.15) is 75.3 Å². The van der Waals surface area contributed by atoms with Crippen LogP contribution in [0.15, 0.2) is 36.4 Å². The highest BCUT2D eigenvalue weighted by Gasteiger charge is 2.22. The molecule has 0 saturated heterocycles. The van der Waals surface area contributed by atoms with Crippen molar-refractivity contribution in [1.29, 1.82) is 0 Å². The molecule has 0 heterocycles. The molecule has 0 atom stereocenters. The molecule has 2 aromatic rings. The van der Waals surface area contributed by atoms with Crippen LogP contribution in [-0.4, -0.2) is 0 Å². The molecular formula is C24H29F3O. The number of hydrogen-bond donors (Lipinski definition) is 0. The summed E-state index contributed by atoms with van der Waals surface area (Å²) < 4.78 is 45.5. The van der Waals surface area contributed by atoms with E-state index in [1.165, 1.54) is 63.0 Å². The van der Waals surface area contributed by atoms with Gasteiger partial charge in [-0.15, -0.1) is 0 Å². The van der Waals surface area contributed by atoms with Crippen LogP contribution in [0.2, 0.25) is 0 Å². The lowest BCUT2D eigenvalue weighted by Gasteiger charge is -2.29. The van der Waals surface area contributed by atoms with Gasteiger partial charge in [-0.2, -0.15) is 0 Å². The van der Waals surface area contributed by atoms with Gasteiger partial charge in [-0.3, -0.25) is 0 Å². The fraction of sp³-hybridized carbons (Fsp3) is 0.500. The molecule has 0 aromatic heterocycles. The van der Waals surface area contributed by atoms with E-state index in [-0.39, 0.29) is 12.2 Å². The first-order valence-electron chi connectivity index (χ1n) is 10.4. The van der Waals surface area contributed by atoms with Crippen molar-refractivity contribution in [2.24, 2.45) is 5.92 Å². The third-order valence-corrected chi connectivity index (χ3v) is 5.92. The van der Waals surface area contributed by atoms with Crippen molar-refractivity contribution >= 4 is 0 Å². The summed E-state index contributed by atoms with van der Waals surface area (Å²) in [5.74, 6) is -1.75. The van der Waals surface area contributed by atoms with E-state index in [1.54, 1.807) is 0 Å². The molecule has 1 fully saturated rings. The zero-order valence-corrected chi connectivity index (χ0v) is 16.5. The van der Waals surface area contributed by atoms with E-state index < -0.39 is 17.5 Å². The first-order chi connectivity index (χ1) is 13.6. The van der Waals surface area contributed by atoms with Crippen molar-refractivity contribution < 1.29 is 17.9 Å². The lowest BCUT2D eigenvalue weighted by molar-refractivity contribution is 0.294. The molecule has 0 N–H and O–H groups in total. The van der Waals surface area contributed by atoms with Gasteiger partial charge in [0.05, 0.1) is 0 Å². The Morgan fingerprint density at radius 3 is 2.25 bits per heavy atom. The van der Waals surface area contributed by atoms with Crippen molar-refractivity contribution in [3.05, 3.63) is 65.0 Å². The number of rotatable bonds is 8. The van der Waals surface area contributed by atoms with E-state index in [2.05, 4.69) is 19.1 Å². The second-order valence-electron chi connectivity index (χ2n) is 7.91. The van der Waals surface area contributed by atoms with Gasteiger partial charge in [0, 0.05) is 5.56 Å². The van der Waals surface area contributed by atoms with Gasteiger partial charge >= 0.3 is 0 Å². The normalized spacial score (nSPS) is 19.6. The fourth-order valence-corrected chi connectivity index (χ4v) is 4.14. The van der Waals surface area contributed by atoms with Gasteiger partial charge in [0.2, 0.25) is 0 Å². The standard InChI is InChI=1S/C24H29F3O/c1-2-3-4-5-17-6-8-18(9-7-17)19-10-13-21(14-11-19)28-16-20-12-15-22(25)24(27)23(20)26/h10-15,17-18H,2-9,16H2,1H3. The average molecular weight is 390 g/mol. The molecule has 1 aliphatic rings. The van der Waals surface area contributed by atoms with Crippen molar-refractivity contribution in [3.63, 3.8) is 0 Å². The monoisotopic (exact) mass is 390 g/mol. The predicted octanol–water partition coefficient (Wildman–Crippen LogP) is 7.54. The molecule has 1 nitrogen and oxygen atoms in total. The molecule has 1 aliphatic carbocycles. The molecule has 4 heteroatoms. The molecular weight excluding hydrogens is 361 g/mol. The zero-order valence-electron chi connectivity index (χ0n) is 16.5. The van der Waals surface area contributed by atoms with Crippen LogP contribution in [0, 0.1) is 23.4 Å². The van der Waals surface area contributed by atoms with Gasteiger partial charge in [0.1, 0.15) is 12.4 Å². The maximum Gasteiger partial charge on any atom is 0.194 e. The minimum Gasteiger partial charge on any atom is -0.489 e. The van der Waals surface area contributed by atoms with Crippen molar-refractivity contribution in [2.75, 3.05) is 0 Å². The van der Waals surface area contributed by atoms with E-state index in [4.69, 9.17) is 4.74 Å². The van der Waals surface area contributed by atoms with Gasteiger partial charge in [0.25, 0.3) is 0 Å². The number of unbranched alkanes of at least 4 members (excludes halogenated alkanes) is 2. The van der Waals surface area contributed by atoms with Crippen LogP contribution in [0.4, 0.5) is 13.2 Å². The van der Waals surface area contributed by atoms with Crippen molar-refractivity contribution in [2.45, 2.75) is 70.8 Å². The second kappa shape index (κ2) is 9.99. The molecule has 0 unspecified atom stereocenters. The summed E-state index contributed by atoms with van der Waals surface area (Å²) in [6.45, 7) is 2.12. The maximum atomic E-state index is 13.7. The van der Waals surface area contributed by atoms with Crippen molar-refractivity contribution in [3.8, 4) is 5.75 Å². The second-order valence-corrected chi connectivity index (χ2v) is 7.91. The number of hydrogen-bond acceptors (Lipinski definition) is 1. The summed E-state index contributed by atoms with van der Waals surface area (Å²) in [5, 5.41) is 0. The minimum atomic E-state index is -1.46. The Morgan fingerprint density at radius 1 is 0.857 bits per heavy atom. The molecule has 0 spiro atoms. The summed E-state index contributed by atoms with van der Waals surface area (Å²) in [6.07, 6.45) is 10.4. The molecule has 0 radical (unpaired) electrons. The largest absolute Gasteiger partial charge is 0.489 e. The minimum absolute atomic E-state index is 0.00405. The quantitative estimate of drug-likeness (QED) is 0.334. The van der Waals surface area contributed by atoms with Gasteiger partial charge in [-0.25, -0.2) is 13.2 Å². The Labute approximate surface area is 165 Å². The highest BCUT2D eigenvalue weighted by Crippen LogP contribution is 2.38. The van der Waals surface area contributed by atoms with Crippen molar-refractivity contribution in [1.82, 2.24) is 0 Å². The van der Waals surface area contributed by atoms with Gasteiger partial charge in [0.15, 0.2) is 17.5 Å². The Morgan fingerprint density at radius 2 is 1.57 bits per heavy atom. The molecule has 0 aliphatic heterocycles. The Balaban J connectivity index is 1.50. The fourth-order valence-electron chi connectivity index (χ4n) is 4.14. The van der Waals surface area contributed by atoms with Crippen LogP contribution < -0.4 is 4.74 Å². The van der Waals surface area contributed by atoms with E-state index in [1.807, 2.05) is 12.1 Å². The summed E-state index contributed by atoms with van der Waals surface area (Å²) >= 11 is 0. The molecule has 152 valence electrons. The van der Waals surface area contributed by atoms with Gasteiger partial charge in [-0.05, 0) is 67.3 Å². The Kier molecular flexibility index (Phi) is 7.41. The summed E-state index contributed by atoms with van der Waals surface area (Å²) in [5.41, 5.74) is 1.32. The topological polar surface area (TPSA) is 9.23 Å². The highest BCUT2D eigenvalue weighted by atomic mass is 19.2. The number of ether oxygens (including phenoxy) is 1. The van der Waals surface area contributed by atoms with Crippen LogP contribution in [0.3, 0.4) is 0 Å². The van der Waals surface area contributed by atoms with Crippen LogP contribution >= 0.6 is 0 Å².